The smallest absolute Gasteiger partial charge is 0.402 e. The van der Waals surface area contributed by atoms with E-state index < -0.39 is 10.3 Å². The van der Waals surface area contributed by atoms with Crippen LogP contribution in [0.4, 0.5) is 0 Å². The highest BCUT2D eigenvalue weighted by atomic mass is 32.2. The quantitative estimate of drug-likeness (QED) is 0.280. The Bertz CT molecular complexity index is 947. The molecule has 0 unspecified atom stereocenters. The second-order valence-corrected chi connectivity index (χ2v) is 8.85. The summed E-state index contributed by atoms with van der Waals surface area (Å²) < 4.78 is 36.6. The summed E-state index contributed by atoms with van der Waals surface area (Å²) in [6.45, 7) is 2.46. The molecule has 0 atom stereocenters. The summed E-state index contributed by atoms with van der Waals surface area (Å²) >= 11 is 1.18. The minimum atomic E-state index is -4.01. The van der Waals surface area contributed by atoms with E-state index in [1.807, 2.05) is 0 Å². The monoisotopic (exact) mass is 449 g/mol. The molecule has 0 amide bonds. The Labute approximate surface area is 183 Å². The Hall–Kier alpha value is -2.28. The van der Waals surface area contributed by atoms with Gasteiger partial charge in [0.25, 0.3) is 0 Å². The van der Waals surface area contributed by atoms with Crippen molar-refractivity contribution in [3.63, 3.8) is 0 Å². The Morgan fingerprint density at radius 2 is 1.93 bits per heavy atom. The summed E-state index contributed by atoms with van der Waals surface area (Å²) in [6, 6.07) is 9.28. The van der Waals surface area contributed by atoms with Gasteiger partial charge in [-0.15, -0.1) is 0 Å². The minimum absolute atomic E-state index is 0.294. The van der Waals surface area contributed by atoms with E-state index in [1.165, 1.54) is 38.1 Å². The summed E-state index contributed by atoms with van der Waals surface area (Å²) in [6.07, 6.45) is 8.05. The molecule has 1 aliphatic rings. The molecule has 30 heavy (non-hydrogen) atoms. The third-order valence-electron chi connectivity index (χ3n) is 4.43. The number of thioether (sulfide) groups is 1. The third kappa shape index (κ3) is 7.20. The number of methoxy groups -OCH3 is 1. The average molecular weight is 450 g/mol. The second-order valence-electron chi connectivity index (χ2n) is 6.61. The summed E-state index contributed by atoms with van der Waals surface area (Å²) in [5, 5.41) is 15.5. The molecule has 0 saturated heterocycles. The van der Waals surface area contributed by atoms with E-state index in [9.17, 15) is 13.7 Å². The number of benzene rings is 1. The van der Waals surface area contributed by atoms with Crippen LogP contribution in [0.3, 0.4) is 0 Å². The molecule has 0 aliphatic carbocycles. The number of unbranched alkanes of at least 4 members (excludes halogenated alkanes) is 5. The molecular formula is C21H27N3O4S2. The van der Waals surface area contributed by atoms with Gasteiger partial charge in [0.1, 0.15) is 11.8 Å². The largest absolute Gasteiger partial charge is 0.496 e. The van der Waals surface area contributed by atoms with Gasteiger partial charge in [-0.2, -0.15) is 18.4 Å². The number of nitriles is 1. The van der Waals surface area contributed by atoms with Gasteiger partial charge < -0.3 is 4.74 Å². The zero-order valence-corrected chi connectivity index (χ0v) is 18.9. The molecule has 1 N–H and O–H groups in total. The van der Waals surface area contributed by atoms with Crippen LogP contribution in [0.25, 0.3) is 5.57 Å². The summed E-state index contributed by atoms with van der Waals surface area (Å²) in [7, 11) is -2.48. The van der Waals surface area contributed by atoms with Crippen molar-refractivity contribution in [3.8, 4) is 11.8 Å². The molecule has 0 bridgehead atoms. The normalized spacial score (nSPS) is 16.5. The molecule has 0 fully saturated rings. The number of oxime groups is 1. The van der Waals surface area contributed by atoms with E-state index in [0.717, 1.165) is 19.3 Å². The molecule has 0 aromatic heterocycles. The van der Waals surface area contributed by atoms with Gasteiger partial charge in [-0.25, -0.2) is 0 Å². The first-order valence-corrected chi connectivity index (χ1v) is 12.2. The molecule has 2 rings (SSSR count). The van der Waals surface area contributed by atoms with Crippen LogP contribution in [0, 0.1) is 11.3 Å². The summed E-state index contributed by atoms with van der Waals surface area (Å²) in [4.78, 5) is 0. The molecule has 0 radical (unpaired) electrons. The first-order valence-electron chi connectivity index (χ1n) is 9.90. The first kappa shape index (κ1) is 24.0. The van der Waals surface area contributed by atoms with Gasteiger partial charge >= 0.3 is 10.3 Å². The zero-order chi connectivity index (χ0) is 21.8. The summed E-state index contributed by atoms with van der Waals surface area (Å²) in [5.41, 5.74) is 1.41. The molecule has 162 valence electrons. The average Bonchev–Trinajstić information content (AvgIpc) is 3.21. The van der Waals surface area contributed by atoms with Crippen molar-refractivity contribution >= 4 is 32.7 Å². The van der Waals surface area contributed by atoms with Crippen molar-refractivity contribution in [1.82, 2.24) is 4.72 Å². The lowest BCUT2D eigenvalue weighted by molar-refractivity contribution is 0.331. The maximum Gasteiger partial charge on any atom is 0.402 e. The van der Waals surface area contributed by atoms with Gasteiger partial charge in [-0.1, -0.05) is 68.1 Å². The molecule has 9 heteroatoms. The number of para-hydroxylation sites is 1. The zero-order valence-electron chi connectivity index (χ0n) is 17.3. The van der Waals surface area contributed by atoms with Crippen LogP contribution in [0.2, 0.25) is 0 Å². The first-order chi connectivity index (χ1) is 14.5. The Morgan fingerprint density at radius 3 is 2.67 bits per heavy atom. The molecule has 1 aliphatic heterocycles. The fourth-order valence-corrected chi connectivity index (χ4v) is 4.27. The standard InChI is InChI=1S/C21H27N3O4S2/c1-3-4-5-6-7-10-14-23-30(25,26)28-24-21-18(13-15-29-21)19(16-22)17-11-8-9-12-20(17)27-2/h8-9,11-13,15,23H,3-7,10,14H2,1-2H3/b19-18+,24-21-. The van der Waals surface area contributed by atoms with E-state index in [4.69, 9.17) is 9.02 Å². The van der Waals surface area contributed by atoms with Gasteiger partial charge in [0.05, 0.1) is 12.7 Å². The highest BCUT2D eigenvalue weighted by Crippen LogP contribution is 2.34. The highest BCUT2D eigenvalue weighted by molar-refractivity contribution is 8.17. The lowest BCUT2D eigenvalue weighted by atomic mass is 10.0. The van der Waals surface area contributed by atoms with E-state index in [1.54, 1.807) is 35.7 Å². The number of allylic oxidation sites excluding steroid dienone is 2. The lowest BCUT2D eigenvalue weighted by Gasteiger charge is -2.09. The Morgan fingerprint density at radius 1 is 1.20 bits per heavy atom. The molecule has 1 aromatic rings. The van der Waals surface area contributed by atoms with Gasteiger partial charge in [-0.3, -0.25) is 4.28 Å². The van der Waals surface area contributed by atoms with Crippen molar-refractivity contribution < 1.29 is 17.4 Å². The molecule has 7 nitrogen and oxygen atoms in total. The van der Waals surface area contributed by atoms with Crippen LogP contribution in [0.5, 0.6) is 5.75 Å². The van der Waals surface area contributed by atoms with Crippen molar-refractivity contribution in [3.05, 3.63) is 46.9 Å². The molecule has 0 spiro atoms. The Kier molecular flexibility index (Phi) is 9.94. The molecule has 0 saturated carbocycles. The predicted molar refractivity (Wildman–Crippen MR) is 121 cm³/mol. The van der Waals surface area contributed by atoms with Crippen molar-refractivity contribution in [2.24, 2.45) is 5.16 Å². The fourth-order valence-electron chi connectivity index (χ4n) is 2.89. The lowest BCUT2D eigenvalue weighted by Crippen LogP contribution is -2.25. The summed E-state index contributed by atoms with van der Waals surface area (Å²) in [5.74, 6) is 0.542. The number of rotatable bonds is 12. The SMILES string of the molecule is CCCCCCCCNS(=O)(=O)O/N=C1\SC=C\C1=C(\C#N)c1ccccc1OC. The maximum atomic E-state index is 12.1. The number of ether oxygens (including phenoxy) is 1. The molecular weight excluding hydrogens is 422 g/mol. The van der Waals surface area contributed by atoms with Crippen LogP contribution in [-0.2, 0) is 14.6 Å². The van der Waals surface area contributed by atoms with E-state index >= 15 is 0 Å². The van der Waals surface area contributed by atoms with Crippen LogP contribution >= 0.6 is 11.8 Å². The Balaban J connectivity index is 2.04. The molecule has 1 heterocycles. The van der Waals surface area contributed by atoms with E-state index in [0.29, 0.717) is 34.0 Å². The van der Waals surface area contributed by atoms with Crippen LogP contribution in [0.1, 0.15) is 51.0 Å². The van der Waals surface area contributed by atoms with Gasteiger partial charge in [0.15, 0.2) is 5.04 Å². The van der Waals surface area contributed by atoms with E-state index in [2.05, 4.69) is 22.9 Å². The second kappa shape index (κ2) is 12.4. The topological polar surface area (TPSA) is 101 Å². The number of nitrogens with zero attached hydrogens (tertiary/aromatic N) is 2. The van der Waals surface area contributed by atoms with Crippen molar-refractivity contribution in [2.75, 3.05) is 13.7 Å². The van der Waals surface area contributed by atoms with Gasteiger partial charge in [0.2, 0.25) is 0 Å². The van der Waals surface area contributed by atoms with Crippen LogP contribution < -0.4 is 9.46 Å². The van der Waals surface area contributed by atoms with E-state index in [-0.39, 0.29) is 0 Å². The number of nitrogens with one attached hydrogen (secondary N) is 1. The highest BCUT2D eigenvalue weighted by Gasteiger charge is 2.21. The van der Waals surface area contributed by atoms with Gasteiger partial charge in [0, 0.05) is 17.7 Å². The van der Waals surface area contributed by atoms with Crippen molar-refractivity contribution in [1.29, 1.82) is 5.26 Å². The number of hydrogen-bond donors (Lipinski definition) is 1. The third-order valence-corrected chi connectivity index (χ3v) is 6.05. The predicted octanol–water partition coefficient (Wildman–Crippen LogP) is 4.76. The fraction of sp³-hybridized carbons (Fsp3) is 0.429. The van der Waals surface area contributed by atoms with Gasteiger partial charge in [-0.05, 0) is 30.0 Å². The molecule has 1 aromatic carbocycles. The van der Waals surface area contributed by atoms with Crippen LogP contribution in [-0.4, -0.2) is 27.1 Å². The van der Waals surface area contributed by atoms with Crippen molar-refractivity contribution in [2.45, 2.75) is 45.4 Å². The maximum absolute atomic E-state index is 12.1. The van der Waals surface area contributed by atoms with Crippen LogP contribution in [0.15, 0.2) is 46.5 Å². The minimum Gasteiger partial charge on any atom is -0.496 e. The number of hydrogen-bond acceptors (Lipinski definition) is 7.